The SMILES string of the molecule is Cc1ccccc1OC[C@H](O)CN1CCC[C@H](C(F)(F)F)C1. The van der Waals surface area contributed by atoms with E-state index in [-0.39, 0.29) is 26.1 Å². The quantitative estimate of drug-likeness (QED) is 0.906. The van der Waals surface area contributed by atoms with Crippen LogP contribution in [0.4, 0.5) is 13.2 Å². The molecule has 0 unspecified atom stereocenters. The van der Waals surface area contributed by atoms with E-state index in [2.05, 4.69) is 0 Å². The largest absolute Gasteiger partial charge is 0.491 e. The van der Waals surface area contributed by atoms with E-state index in [9.17, 15) is 18.3 Å². The Hall–Kier alpha value is -1.27. The Morgan fingerprint density at radius 2 is 2.09 bits per heavy atom. The van der Waals surface area contributed by atoms with E-state index in [0.717, 1.165) is 5.56 Å². The number of halogens is 3. The van der Waals surface area contributed by atoms with Crippen LogP contribution in [0.5, 0.6) is 5.75 Å². The lowest BCUT2D eigenvalue weighted by Crippen LogP contribution is -2.45. The molecule has 124 valence electrons. The number of piperidine rings is 1. The van der Waals surface area contributed by atoms with E-state index < -0.39 is 18.2 Å². The highest BCUT2D eigenvalue weighted by molar-refractivity contribution is 5.31. The zero-order valence-electron chi connectivity index (χ0n) is 12.6. The Balaban J connectivity index is 1.79. The van der Waals surface area contributed by atoms with E-state index in [1.54, 1.807) is 4.90 Å². The molecule has 6 heteroatoms. The first-order valence-corrected chi connectivity index (χ1v) is 7.52. The van der Waals surface area contributed by atoms with Crippen LogP contribution in [0.15, 0.2) is 24.3 Å². The summed E-state index contributed by atoms with van der Waals surface area (Å²) in [6, 6.07) is 7.44. The smallest absolute Gasteiger partial charge is 0.393 e. The van der Waals surface area contributed by atoms with Crippen molar-refractivity contribution in [2.24, 2.45) is 5.92 Å². The number of hydrogen-bond donors (Lipinski definition) is 1. The van der Waals surface area contributed by atoms with Crippen molar-refractivity contribution in [1.82, 2.24) is 4.90 Å². The number of alkyl halides is 3. The van der Waals surface area contributed by atoms with Gasteiger partial charge in [-0.1, -0.05) is 18.2 Å². The van der Waals surface area contributed by atoms with Gasteiger partial charge in [0.05, 0.1) is 5.92 Å². The van der Waals surface area contributed by atoms with Gasteiger partial charge in [0.1, 0.15) is 18.5 Å². The normalized spacial score (nSPS) is 21.6. The molecule has 1 saturated heterocycles. The summed E-state index contributed by atoms with van der Waals surface area (Å²) in [4.78, 5) is 1.67. The Morgan fingerprint density at radius 1 is 1.36 bits per heavy atom. The third-order valence-electron chi connectivity index (χ3n) is 3.96. The zero-order valence-corrected chi connectivity index (χ0v) is 12.6. The summed E-state index contributed by atoms with van der Waals surface area (Å²) in [5.41, 5.74) is 0.963. The summed E-state index contributed by atoms with van der Waals surface area (Å²) < 4.78 is 43.8. The molecule has 0 spiro atoms. The van der Waals surface area contributed by atoms with Crippen LogP contribution in [-0.4, -0.2) is 48.5 Å². The molecule has 1 aliphatic heterocycles. The minimum atomic E-state index is -4.15. The Kier molecular flexibility index (Phi) is 5.69. The lowest BCUT2D eigenvalue weighted by Gasteiger charge is -2.34. The molecule has 1 heterocycles. The average molecular weight is 317 g/mol. The maximum Gasteiger partial charge on any atom is 0.393 e. The van der Waals surface area contributed by atoms with Crippen LogP contribution >= 0.6 is 0 Å². The molecule has 0 bridgehead atoms. The maximum absolute atomic E-state index is 12.8. The molecule has 1 aromatic rings. The van der Waals surface area contributed by atoms with Crippen molar-refractivity contribution in [3.63, 3.8) is 0 Å². The number of ether oxygens (including phenoxy) is 1. The highest BCUT2D eigenvalue weighted by Crippen LogP contribution is 2.33. The Labute approximate surface area is 128 Å². The number of aliphatic hydroxyl groups is 1. The number of aliphatic hydroxyl groups excluding tert-OH is 1. The van der Waals surface area contributed by atoms with Gasteiger partial charge in [0, 0.05) is 13.1 Å². The van der Waals surface area contributed by atoms with Crippen LogP contribution in [0.3, 0.4) is 0 Å². The van der Waals surface area contributed by atoms with Crippen molar-refractivity contribution in [3.05, 3.63) is 29.8 Å². The first kappa shape index (κ1) is 17.1. The number of para-hydroxylation sites is 1. The molecule has 1 aromatic carbocycles. The zero-order chi connectivity index (χ0) is 16.2. The van der Waals surface area contributed by atoms with E-state index in [0.29, 0.717) is 18.7 Å². The van der Waals surface area contributed by atoms with E-state index in [4.69, 9.17) is 4.74 Å². The fraction of sp³-hybridized carbons (Fsp3) is 0.625. The first-order chi connectivity index (χ1) is 10.4. The summed E-state index contributed by atoms with van der Waals surface area (Å²) in [6.45, 7) is 2.75. The minimum absolute atomic E-state index is 0.0368. The average Bonchev–Trinajstić information content (AvgIpc) is 2.46. The topological polar surface area (TPSA) is 32.7 Å². The van der Waals surface area contributed by atoms with Crippen molar-refractivity contribution in [3.8, 4) is 5.75 Å². The number of β-amino-alcohol motifs (C(OH)–C–C–N with tert-alkyl or cyclic N) is 1. The van der Waals surface area contributed by atoms with Crippen LogP contribution in [0.2, 0.25) is 0 Å². The van der Waals surface area contributed by atoms with Gasteiger partial charge in [-0.05, 0) is 37.9 Å². The fourth-order valence-electron chi connectivity index (χ4n) is 2.74. The van der Waals surface area contributed by atoms with Crippen molar-refractivity contribution in [1.29, 1.82) is 0 Å². The van der Waals surface area contributed by atoms with Crippen molar-refractivity contribution in [2.45, 2.75) is 32.0 Å². The summed E-state index contributed by atoms with van der Waals surface area (Å²) in [7, 11) is 0. The molecule has 0 aromatic heterocycles. The van der Waals surface area contributed by atoms with E-state index in [1.165, 1.54) is 0 Å². The molecule has 0 aliphatic carbocycles. The summed E-state index contributed by atoms with van der Waals surface area (Å²) >= 11 is 0. The van der Waals surface area contributed by atoms with Gasteiger partial charge in [-0.3, -0.25) is 0 Å². The van der Waals surface area contributed by atoms with Gasteiger partial charge >= 0.3 is 6.18 Å². The second-order valence-electron chi connectivity index (χ2n) is 5.87. The van der Waals surface area contributed by atoms with Crippen molar-refractivity contribution in [2.75, 3.05) is 26.2 Å². The molecule has 22 heavy (non-hydrogen) atoms. The second-order valence-corrected chi connectivity index (χ2v) is 5.87. The molecule has 1 fully saturated rings. The monoisotopic (exact) mass is 317 g/mol. The third kappa shape index (κ3) is 4.88. The first-order valence-electron chi connectivity index (χ1n) is 7.52. The standard InChI is InChI=1S/C16H22F3NO2/c1-12-5-2-3-7-15(12)22-11-14(21)10-20-8-4-6-13(9-20)16(17,18)19/h2-3,5,7,13-14,21H,4,6,8-11H2,1H3/t13-,14+/m0/s1. The van der Waals surface area contributed by atoms with Crippen LogP contribution in [0.25, 0.3) is 0 Å². The van der Waals surface area contributed by atoms with Crippen LogP contribution < -0.4 is 4.74 Å². The molecular weight excluding hydrogens is 295 g/mol. The van der Waals surface area contributed by atoms with Crippen LogP contribution in [-0.2, 0) is 0 Å². The Morgan fingerprint density at radius 3 is 2.77 bits per heavy atom. The number of benzene rings is 1. The third-order valence-corrected chi connectivity index (χ3v) is 3.96. The predicted molar refractivity (Wildman–Crippen MR) is 77.9 cm³/mol. The highest BCUT2D eigenvalue weighted by atomic mass is 19.4. The predicted octanol–water partition coefficient (Wildman–Crippen LogP) is 3.01. The van der Waals surface area contributed by atoms with Gasteiger partial charge in [-0.25, -0.2) is 0 Å². The fourth-order valence-corrected chi connectivity index (χ4v) is 2.74. The second kappa shape index (κ2) is 7.33. The molecule has 0 amide bonds. The molecule has 1 N–H and O–H groups in total. The molecule has 2 rings (SSSR count). The van der Waals surface area contributed by atoms with E-state index >= 15 is 0 Å². The van der Waals surface area contributed by atoms with Gasteiger partial charge in [-0.2, -0.15) is 13.2 Å². The summed E-state index contributed by atoms with van der Waals surface area (Å²) in [5, 5.41) is 9.99. The highest BCUT2D eigenvalue weighted by Gasteiger charge is 2.41. The summed E-state index contributed by atoms with van der Waals surface area (Å²) in [6.07, 6.45) is -4.27. The number of hydrogen-bond acceptors (Lipinski definition) is 3. The number of nitrogens with zero attached hydrogens (tertiary/aromatic N) is 1. The summed E-state index contributed by atoms with van der Waals surface area (Å²) in [5.74, 6) is -0.598. The lowest BCUT2D eigenvalue weighted by atomic mass is 9.97. The van der Waals surface area contributed by atoms with Crippen LogP contribution in [0, 0.1) is 12.8 Å². The number of rotatable bonds is 5. The molecule has 0 saturated carbocycles. The molecule has 0 radical (unpaired) electrons. The molecule has 3 nitrogen and oxygen atoms in total. The minimum Gasteiger partial charge on any atom is -0.491 e. The van der Waals surface area contributed by atoms with E-state index in [1.807, 2.05) is 31.2 Å². The lowest BCUT2D eigenvalue weighted by molar-refractivity contribution is -0.187. The van der Waals surface area contributed by atoms with Gasteiger partial charge in [0.2, 0.25) is 0 Å². The van der Waals surface area contributed by atoms with Crippen molar-refractivity contribution >= 4 is 0 Å². The van der Waals surface area contributed by atoms with Gasteiger partial charge in [0.25, 0.3) is 0 Å². The van der Waals surface area contributed by atoms with Crippen LogP contribution in [0.1, 0.15) is 18.4 Å². The Bertz CT molecular complexity index is 479. The number of likely N-dealkylation sites (tertiary alicyclic amines) is 1. The number of aryl methyl sites for hydroxylation is 1. The molecular formula is C16H22F3NO2. The molecule has 1 aliphatic rings. The van der Waals surface area contributed by atoms with Gasteiger partial charge < -0.3 is 14.7 Å². The maximum atomic E-state index is 12.8. The van der Waals surface area contributed by atoms with Gasteiger partial charge in [-0.15, -0.1) is 0 Å². The molecule has 2 atom stereocenters. The van der Waals surface area contributed by atoms with Crippen molar-refractivity contribution < 1.29 is 23.0 Å². The van der Waals surface area contributed by atoms with Gasteiger partial charge in [0.15, 0.2) is 0 Å².